The number of piperidine rings is 1. The third kappa shape index (κ3) is 2.62. The molecule has 94 valence electrons. The standard InChI is InChI=1S/C11H14F3N3/c12-11(13,14)8-7-16-10(15)6-9(8)17-4-2-1-3-5-17/h6-7H,1-5H2,(H2,15,16). The summed E-state index contributed by atoms with van der Waals surface area (Å²) in [6.45, 7) is 1.29. The molecule has 0 atom stereocenters. The minimum absolute atomic E-state index is 0.124. The fraction of sp³-hybridized carbons (Fsp3) is 0.545. The molecule has 2 heterocycles. The van der Waals surface area contributed by atoms with E-state index in [4.69, 9.17) is 5.73 Å². The van der Waals surface area contributed by atoms with E-state index in [1.54, 1.807) is 4.90 Å². The fourth-order valence-electron chi connectivity index (χ4n) is 2.08. The maximum Gasteiger partial charge on any atom is 0.419 e. The molecular weight excluding hydrogens is 231 g/mol. The van der Waals surface area contributed by atoms with Crippen LogP contribution in [0.3, 0.4) is 0 Å². The first-order chi connectivity index (χ1) is 7.98. The molecule has 0 saturated carbocycles. The van der Waals surface area contributed by atoms with E-state index in [0.717, 1.165) is 25.5 Å². The number of nitrogens with zero attached hydrogens (tertiary/aromatic N) is 2. The summed E-state index contributed by atoms with van der Waals surface area (Å²) in [4.78, 5) is 5.27. The highest BCUT2D eigenvalue weighted by molar-refractivity contribution is 5.59. The molecule has 0 spiro atoms. The van der Waals surface area contributed by atoms with Crippen LogP contribution in [0, 0.1) is 0 Å². The van der Waals surface area contributed by atoms with Gasteiger partial charge in [-0.25, -0.2) is 4.98 Å². The fourth-order valence-corrected chi connectivity index (χ4v) is 2.08. The van der Waals surface area contributed by atoms with Crippen LogP contribution < -0.4 is 10.6 Å². The van der Waals surface area contributed by atoms with Crippen LogP contribution in [-0.4, -0.2) is 18.1 Å². The van der Waals surface area contributed by atoms with E-state index in [2.05, 4.69) is 4.98 Å². The van der Waals surface area contributed by atoms with Crippen molar-refractivity contribution in [3.05, 3.63) is 17.8 Å². The lowest BCUT2D eigenvalue weighted by Crippen LogP contribution is -2.31. The number of pyridine rings is 1. The predicted molar refractivity (Wildman–Crippen MR) is 59.7 cm³/mol. The number of anilines is 2. The van der Waals surface area contributed by atoms with Crippen LogP contribution in [0.5, 0.6) is 0 Å². The number of aromatic nitrogens is 1. The van der Waals surface area contributed by atoms with E-state index in [-0.39, 0.29) is 11.5 Å². The molecule has 1 aromatic heterocycles. The molecule has 17 heavy (non-hydrogen) atoms. The Morgan fingerprint density at radius 1 is 1.18 bits per heavy atom. The Morgan fingerprint density at radius 3 is 2.41 bits per heavy atom. The zero-order valence-corrected chi connectivity index (χ0v) is 9.30. The van der Waals surface area contributed by atoms with Gasteiger partial charge in [0.25, 0.3) is 0 Å². The Bertz CT molecular complexity index is 397. The lowest BCUT2D eigenvalue weighted by atomic mass is 10.1. The van der Waals surface area contributed by atoms with E-state index in [0.29, 0.717) is 13.1 Å². The number of nitrogen functional groups attached to an aromatic ring is 1. The molecule has 1 aromatic rings. The van der Waals surface area contributed by atoms with Gasteiger partial charge >= 0.3 is 6.18 Å². The van der Waals surface area contributed by atoms with Crippen molar-refractivity contribution in [3.8, 4) is 0 Å². The summed E-state index contributed by atoms with van der Waals surface area (Å²) in [5.74, 6) is 0.124. The van der Waals surface area contributed by atoms with Crippen LogP contribution in [0.2, 0.25) is 0 Å². The summed E-state index contributed by atoms with van der Waals surface area (Å²) in [5, 5.41) is 0. The van der Waals surface area contributed by atoms with E-state index >= 15 is 0 Å². The van der Waals surface area contributed by atoms with E-state index in [1.165, 1.54) is 6.07 Å². The van der Waals surface area contributed by atoms with Gasteiger partial charge in [0.05, 0.1) is 11.3 Å². The van der Waals surface area contributed by atoms with Crippen LogP contribution in [0.4, 0.5) is 24.7 Å². The highest BCUT2D eigenvalue weighted by Gasteiger charge is 2.35. The average Bonchev–Trinajstić information content (AvgIpc) is 2.28. The maximum atomic E-state index is 12.8. The van der Waals surface area contributed by atoms with E-state index in [1.807, 2.05) is 0 Å². The summed E-state index contributed by atoms with van der Waals surface area (Å²) >= 11 is 0. The first-order valence-corrected chi connectivity index (χ1v) is 5.56. The molecule has 2 rings (SSSR count). The number of alkyl halides is 3. The molecule has 6 heteroatoms. The molecule has 1 saturated heterocycles. The Balaban J connectivity index is 2.39. The number of halogens is 3. The lowest BCUT2D eigenvalue weighted by molar-refractivity contribution is -0.137. The van der Waals surface area contributed by atoms with Crippen molar-refractivity contribution in [1.29, 1.82) is 0 Å². The molecular formula is C11H14F3N3. The van der Waals surface area contributed by atoms with Gasteiger partial charge in [-0.3, -0.25) is 0 Å². The molecule has 2 N–H and O–H groups in total. The molecule has 0 aliphatic carbocycles. The lowest BCUT2D eigenvalue weighted by Gasteiger charge is -2.30. The van der Waals surface area contributed by atoms with Gasteiger partial charge in [-0.15, -0.1) is 0 Å². The molecule has 3 nitrogen and oxygen atoms in total. The summed E-state index contributed by atoms with van der Waals surface area (Å²) in [6, 6.07) is 1.31. The topological polar surface area (TPSA) is 42.1 Å². The van der Waals surface area contributed by atoms with Crippen LogP contribution in [0.15, 0.2) is 12.3 Å². The average molecular weight is 245 g/mol. The van der Waals surface area contributed by atoms with Crippen molar-refractivity contribution in [1.82, 2.24) is 4.98 Å². The first kappa shape index (κ1) is 12.0. The zero-order chi connectivity index (χ0) is 12.5. The normalized spacial score (nSPS) is 17.2. The van der Waals surface area contributed by atoms with Gasteiger partial charge in [0.1, 0.15) is 5.82 Å². The molecule has 0 bridgehead atoms. The Morgan fingerprint density at radius 2 is 1.82 bits per heavy atom. The highest BCUT2D eigenvalue weighted by atomic mass is 19.4. The summed E-state index contributed by atoms with van der Waals surface area (Å²) in [6.07, 6.45) is -0.662. The van der Waals surface area contributed by atoms with Crippen LogP contribution in [-0.2, 0) is 6.18 Å². The third-order valence-corrected chi connectivity index (χ3v) is 2.91. The molecule has 1 fully saturated rings. The van der Waals surface area contributed by atoms with Crippen LogP contribution in [0.1, 0.15) is 24.8 Å². The van der Waals surface area contributed by atoms with E-state index < -0.39 is 11.7 Å². The quantitative estimate of drug-likeness (QED) is 0.827. The van der Waals surface area contributed by atoms with Crippen LogP contribution in [0.25, 0.3) is 0 Å². The molecule has 0 amide bonds. The van der Waals surface area contributed by atoms with Crippen molar-refractivity contribution in [2.24, 2.45) is 0 Å². The van der Waals surface area contributed by atoms with Gasteiger partial charge in [0, 0.05) is 25.4 Å². The summed E-state index contributed by atoms with van der Waals surface area (Å²) < 4.78 is 38.5. The molecule has 1 aliphatic rings. The maximum absolute atomic E-state index is 12.8. The second-order valence-corrected chi connectivity index (χ2v) is 4.17. The minimum Gasteiger partial charge on any atom is -0.384 e. The second kappa shape index (κ2) is 4.43. The molecule has 0 unspecified atom stereocenters. The highest BCUT2D eigenvalue weighted by Crippen LogP contribution is 2.37. The van der Waals surface area contributed by atoms with Crippen molar-refractivity contribution >= 4 is 11.5 Å². The first-order valence-electron chi connectivity index (χ1n) is 5.56. The van der Waals surface area contributed by atoms with Gasteiger partial charge in [-0.1, -0.05) is 0 Å². The minimum atomic E-state index is -4.38. The zero-order valence-electron chi connectivity index (χ0n) is 9.30. The third-order valence-electron chi connectivity index (χ3n) is 2.91. The molecule has 0 radical (unpaired) electrons. The number of rotatable bonds is 1. The molecule has 0 aromatic carbocycles. The van der Waals surface area contributed by atoms with Crippen LogP contribution >= 0.6 is 0 Å². The summed E-state index contributed by atoms with van der Waals surface area (Å²) in [7, 11) is 0. The van der Waals surface area contributed by atoms with Crippen molar-refractivity contribution in [2.45, 2.75) is 25.4 Å². The van der Waals surface area contributed by atoms with Gasteiger partial charge in [0.15, 0.2) is 0 Å². The summed E-state index contributed by atoms with van der Waals surface area (Å²) in [5.41, 5.74) is 4.93. The smallest absolute Gasteiger partial charge is 0.384 e. The van der Waals surface area contributed by atoms with Crippen molar-refractivity contribution < 1.29 is 13.2 Å². The second-order valence-electron chi connectivity index (χ2n) is 4.17. The largest absolute Gasteiger partial charge is 0.419 e. The van der Waals surface area contributed by atoms with Gasteiger partial charge in [-0.05, 0) is 19.3 Å². The van der Waals surface area contributed by atoms with E-state index in [9.17, 15) is 13.2 Å². The van der Waals surface area contributed by atoms with Gasteiger partial charge in [-0.2, -0.15) is 13.2 Å². The predicted octanol–water partition coefficient (Wildman–Crippen LogP) is 2.67. The van der Waals surface area contributed by atoms with Crippen molar-refractivity contribution in [3.63, 3.8) is 0 Å². The van der Waals surface area contributed by atoms with Gasteiger partial charge < -0.3 is 10.6 Å². The monoisotopic (exact) mass is 245 g/mol. The Hall–Kier alpha value is -1.46. The Kier molecular flexibility index (Phi) is 3.13. The van der Waals surface area contributed by atoms with Gasteiger partial charge in [0.2, 0.25) is 0 Å². The number of nitrogens with two attached hydrogens (primary N) is 1. The van der Waals surface area contributed by atoms with Crippen molar-refractivity contribution in [2.75, 3.05) is 23.7 Å². The number of hydrogen-bond acceptors (Lipinski definition) is 3. The SMILES string of the molecule is Nc1cc(N2CCCCC2)c(C(F)(F)F)cn1. The Labute approximate surface area is 97.4 Å². The molecule has 1 aliphatic heterocycles. The number of hydrogen-bond donors (Lipinski definition) is 1.